The standard InChI is InChI=1S/C15H13ClN2OS/c1-3-12-9(2)17-15-18(14(12)19)13(8-20-15)10-4-6-11(16)7-5-10/h4-8H,3H2,1-2H3. The van der Waals surface area contributed by atoms with Gasteiger partial charge in [-0.05, 0) is 31.0 Å². The molecule has 0 fully saturated rings. The van der Waals surface area contributed by atoms with Crippen LogP contribution in [0, 0.1) is 6.92 Å². The van der Waals surface area contributed by atoms with Crippen LogP contribution in [0.3, 0.4) is 0 Å². The van der Waals surface area contributed by atoms with E-state index in [0.29, 0.717) is 11.4 Å². The third kappa shape index (κ3) is 2.05. The minimum atomic E-state index is 0.0289. The highest BCUT2D eigenvalue weighted by Crippen LogP contribution is 2.25. The van der Waals surface area contributed by atoms with E-state index in [1.165, 1.54) is 11.3 Å². The van der Waals surface area contributed by atoms with E-state index in [1.807, 2.05) is 43.5 Å². The summed E-state index contributed by atoms with van der Waals surface area (Å²) in [5, 5.41) is 2.65. The van der Waals surface area contributed by atoms with E-state index >= 15 is 0 Å². The first kappa shape index (κ1) is 13.3. The lowest BCUT2D eigenvalue weighted by atomic mass is 10.1. The molecular weight excluding hydrogens is 292 g/mol. The number of halogens is 1. The molecule has 5 heteroatoms. The summed E-state index contributed by atoms with van der Waals surface area (Å²) in [4.78, 5) is 17.9. The molecular formula is C15H13ClN2OS. The molecule has 0 saturated carbocycles. The zero-order valence-corrected chi connectivity index (χ0v) is 12.8. The molecule has 102 valence electrons. The van der Waals surface area contributed by atoms with E-state index in [9.17, 15) is 4.79 Å². The van der Waals surface area contributed by atoms with Crippen molar-refractivity contribution in [3.63, 3.8) is 0 Å². The number of rotatable bonds is 2. The second-order valence-electron chi connectivity index (χ2n) is 4.58. The van der Waals surface area contributed by atoms with Crippen LogP contribution in [-0.2, 0) is 6.42 Å². The Morgan fingerprint density at radius 1 is 1.30 bits per heavy atom. The molecule has 0 bridgehead atoms. The Bertz CT molecular complexity index is 833. The number of hydrogen-bond donors (Lipinski definition) is 0. The first-order chi connectivity index (χ1) is 9.61. The third-order valence-electron chi connectivity index (χ3n) is 3.36. The summed E-state index contributed by atoms with van der Waals surface area (Å²) in [7, 11) is 0. The Morgan fingerprint density at radius 3 is 2.65 bits per heavy atom. The van der Waals surface area contributed by atoms with Gasteiger partial charge in [-0.1, -0.05) is 30.7 Å². The number of thiazole rings is 1. The molecule has 0 atom stereocenters. The molecule has 1 aromatic carbocycles. The highest BCUT2D eigenvalue weighted by atomic mass is 35.5. The van der Waals surface area contributed by atoms with Gasteiger partial charge in [0.25, 0.3) is 5.56 Å². The van der Waals surface area contributed by atoms with Crippen LogP contribution in [0.5, 0.6) is 0 Å². The summed E-state index contributed by atoms with van der Waals surface area (Å²) in [6, 6.07) is 7.49. The summed E-state index contributed by atoms with van der Waals surface area (Å²) in [6.45, 7) is 3.87. The van der Waals surface area contributed by atoms with E-state index in [2.05, 4.69) is 4.98 Å². The largest absolute Gasteiger partial charge is 0.269 e. The average molecular weight is 305 g/mol. The van der Waals surface area contributed by atoms with Crippen LogP contribution in [0.25, 0.3) is 16.2 Å². The van der Waals surface area contributed by atoms with Crippen molar-refractivity contribution < 1.29 is 0 Å². The smallest absolute Gasteiger partial charge is 0.262 e. The molecule has 3 rings (SSSR count). The first-order valence-electron chi connectivity index (χ1n) is 6.37. The fourth-order valence-corrected chi connectivity index (χ4v) is 3.38. The number of nitrogens with zero attached hydrogens (tertiary/aromatic N) is 2. The SMILES string of the molecule is CCc1c(C)nc2scc(-c3ccc(Cl)cc3)n2c1=O. The van der Waals surface area contributed by atoms with Gasteiger partial charge in [0, 0.05) is 21.7 Å². The maximum atomic E-state index is 12.6. The summed E-state index contributed by atoms with van der Waals surface area (Å²) >= 11 is 7.39. The summed E-state index contributed by atoms with van der Waals surface area (Å²) < 4.78 is 1.69. The molecule has 0 radical (unpaired) electrons. The van der Waals surface area contributed by atoms with Crippen molar-refractivity contribution in [1.82, 2.24) is 9.38 Å². The Kier molecular flexibility index (Phi) is 3.36. The third-order valence-corrected chi connectivity index (χ3v) is 4.44. The van der Waals surface area contributed by atoms with Crippen molar-refractivity contribution in [1.29, 1.82) is 0 Å². The van der Waals surface area contributed by atoms with Crippen LogP contribution < -0.4 is 5.56 Å². The second kappa shape index (κ2) is 5.04. The normalized spacial score (nSPS) is 11.2. The van der Waals surface area contributed by atoms with Gasteiger partial charge >= 0.3 is 0 Å². The Hall–Kier alpha value is -1.65. The lowest BCUT2D eigenvalue weighted by Gasteiger charge is -2.05. The highest BCUT2D eigenvalue weighted by Gasteiger charge is 2.13. The zero-order chi connectivity index (χ0) is 14.3. The van der Waals surface area contributed by atoms with Crippen LogP contribution in [0.4, 0.5) is 0 Å². The Morgan fingerprint density at radius 2 is 2.00 bits per heavy atom. The van der Waals surface area contributed by atoms with Crippen LogP contribution in [0.2, 0.25) is 5.02 Å². The molecule has 2 aromatic heterocycles. The van der Waals surface area contributed by atoms with E-state index in [-0.39, 0.29) is 5.56 Å². The van der Waals surface area contributed by atoms with E-state index in [0.717, 1.165) is 27.5 Å². The minimum absolute atomic E-state index is 0.0289. The van der Waals surface area contributed by atoms with Crippen molar-refractivity contribution in [2.45, 2.75) is 20.3 Å². The molecule has 0 aliphatic rings. The van der Waals surface area contributed by atoms with Gasteiger partial charge in [-0.15, -0.1) is 11.3 Å². The minimum Gasteiger partial charge on any atom is -0.269 e. The second-order valence-corrected chi connectivity index (χ2v) is 5.85. The molecule has 3 nitrogen and oxygen atoms in total. The lowest BCUT2D eigenvalue weighted by molar-refractivity contribution is 0.955. The van der Waals surface area contributed by atoms with Crippen LogP contribution in [-0.4, -0.2) is 9.38 Å². The van der Waals surface area contributed by atoms with E-state index < -0.39 is 0 Å². The van der Waals surface area contributed by atoms with Gasteiger partial charge < -0.3 is 0 Å². The molecule has 0 saturated heterocycles. The van der Waals surface area contributed by atoms with Gasteiger partial charge in [0.2, 0.25) is 0 Å². The maximum Gasteiger partial charge on any atom is 0.262 e. The fourth-order valence-electron chi connectivity index (χ4n) is 2.32. The van der Waals surface area contributed by atoms with Crippen LogP contribution in [0.15, 0.2) is 34.4 Å². The van der Waals surface area contributed by atoms with Crippen molar-refractivity contribution in [3.8, 4) is 11.3 Å². The van der Waals surface area contributed by atoms with Crippen LogP contribution in [0.1, 0.15) is 18.2 Å². The number of benzene rings is 1. The quantitative estimate of drug-likeness (QED) is 0.718. The number of hydrogen-bond acceptors (Lipinski definition) is 3. The van der Waals surface area contributed by atoms with Gasteiger partial charge in [-0.2, -0.15) is 0 Å². The molecule has 0 spiro atoms. The van der Waals surface area contributed by atoms with E-state index in [4.69, 9.17) is 11.6 Å². The monoisotopic (exact) mass is 304 g/mol. The first-order valence-corrected chi connectivity index (χ1v) is 7.63. The summed E-state index contributed by atoms with van der Waals surface area (Å²) in [5.41, 5.74) is 3.46. The molecule has 0 aliphatic heterocycles. The predicted molar refractivity (Wildman–Crippen MR) is 83.9 cm³/mol. The molecule has 0 amide bonds. The molecule has 20 heavy (non-hydrogen) atoms. The van der Waals surface area contributed by atoms with Gasteiger partial charge in [0.05, 0.1) is 5.69 Å². The van der Waals surface area contributed by atoms with E-state index in [1.54, 1.807) is 4.40 Å². The Balaban J connectivity index is 2.33. The van der Waals surface area contributed by atoms with Crippen molar-refractivity contribution in [2.75, 3.05) is 0 Å². The van der Waals surface area contributed by atoms with Crippen molar-refractivity contribution in [3.05, 3.63) is 56.3 Å². The fraction of sp³-hybridized carbons (Fsp3) is 0.200. The van der Waals surface area contributed by atoms with Gasteiger partial charge in [-0.25, -0.2) is 4.98 Å². The topological polar surface area (TPSA) is 34.4 Å². The van der Waals surface area contributed by atoms with Crippen molar-refractivity contribution >= 4 is 27.9 Å². The Labute approximate surface area is 125 Å². The number of aromatic nitrogens is 2. The van der Waals surface area contributed by atoms with Gasteiger partial charge in [-0.3, -0.25) is 9.20 Å². The summed E-state index contributed by atoms with van der Waals surface area (Å²) in [5.74, 6) is 0. The van der Waals surface area contributed by atoms with Gasteiger partial charge in [0.15, 0.2) is 4.96 Å². The number of fused-ring (bicyclic) bond motifs is 1. The highest BCUT2D eigenvalue weighted by molar-refractivity contribution is 7.15. The average Bonchev–Trinajstić information content (AvgIpc) is 2.84. The van der Waals surface area contributed by atoms with Crippen molar-refractivity contribution in [2.24, 2.45) is 0 Å². The predicted octanol–water partition coefficient (Wildman–Crippen LogP) is 3.95. The molecule has 0 aliphatic carbocycles. The molecule has 0 unspecified atom stereocenters. The molecule has 2 heterocycles. The summed E-state index contributed by atoms with van der Waals surface area (Å²) in [6.07, 6.45) is 0.691. The molecule has 0 N–H and O–H groups in total. The lowest BCUT2D eigenvalue weighted by Crippen LogP contribution is -2.20. The van der Waals surface area contributed by atoms with Gasteiger partial charge in [0.1, 0.15) is 0 Å². The number of aryl methyl sites for hydroxylation is 1. The maximum absolute atomic E-state index is 12.6. The van der Waals surface area contributed by atoms with Crippen LogP contribution >= 0.6 is 22.9 Å². The molecule has 3 aromatic rings. The zero-order valence-electron chi connectivity index (χ0n) is 11.2.